The third-order valence-electron chi connectivity index (χ3n) is 2.41. The van der Waals surface area contributed by atoms with E-state index in [1.54, 1.807) is 0 Å². The Morgan fingerprint density at radius 3 is 2.42 bits per heavy atom. The molecule has 0 aromatic rings. The number of amides is 1. The van der Waals surface area contributed by atoms with Crippen molar-refractivity contribution in [2.45, 2.75) is 38.1 Å². The number of methoxy groups -OCH3 is 2. The minimum absolute atomic E-state index is 0.0287. The first-order valence-electron chi connectivity index (χ1n) is 5.92. The summed E-state index contributed by atoms with van der Waals surface area (Å²) in [6.45, 7) is 0. The van der Waals surface area contributed by atoms with E-state index in [1.807, 2.05) is 0 Å². The molecule has 0 saturated carbocycles. The molecule has 0 fully saturated rings. The molecule has 0 bridgehead atoms. The molecular formula is C13H19NO5. The molecule has 0 aliphatic rings. The first-order valence-corrected chi connectivity index (χ1v) is 5.92. The molecule has 6 heteroatoms. The van der Waals surface area contributed by atoms with Gasteiger partial charge in [0.15, 0.2) is 0 Å². The smallest absolute Gasteiger partial charge is 0.328 e. The Hall–Kier alpha value is -2.03. The van der Waals surface area contributed by atoms with Gasteiger partial charge in [-0.3, -0.25) is 9.59 Å². The number of carbonyl (C=O) groups excluding carboxylic acids is 3. The van der Waals surface area contributed by atoms with Gasteiger partial charge in [-0.1, -0.05) is 0 Å². The van der Waals surface area contributed by atoms with Gasteiger partial charge in [-0.15, -0.1) is 12.3 Å². The van der Waals surface area contributed by atoms with E-state index in [1.165, 1.54) is 14.2 Å². The lowest BCUT2D eigenvalue weighted by Gasteiger charge is -2.15. The van der Waals surface area contributed by atoms with Crippen LogP contribution in [0.1, 0.15) is 32.1 Å². The van der Waals surface area contributed by atoms with Crippen LogP contribution in [-0.2, 0) is 23.9 Å². The van der Waals surface area contributed by atoms with Gasteiger partial charge in [0.25, 0.3) is 0 Å². The standard InChI is InChI=1S/C13H19NO5/c1-4-5-6-7-11(15)14-10(13(17)19-3)8-9-12(16)18-2/h1,10H,5-9H2,2-3H3,(H,14,15)/t10-/m0/s1. The van der Waals surface area contributed by atoms with E-state index in [-0.39, 0.29) is 25.2 Å². The summed E-state index contributed by atoms with van der Waals surface area (Å²) < 4.78 is 9.04. The van der Waals surface area contributed by atoms with Crippen LogP contribution in [0.25, 0.3) is 0 Å². The lowest BCUT2D eigenvalue weighted by atomic mass is 10.1. The van der Waals surface area contributed by atoms with Gasteiger partial charge >= 0.3 is 11.9 Å². The first-order chi connectivity index (χ1) is 9.04. The Kier molecular flexibility index (Phi) is 8.88. The van der Waals surface area contributed by atoms with Crippen LogP contribution in [0.2, 0.25) is 0 Å². The topological polar surface area (TPSA) is 81.7 Å². The summed E-state index contributed by atoms with van der Waals surface area (Å²) in [7, 11) is 2.48. The van der Waals surface area contributed by atoms with Gasteiger partial charge in [-0.2, -0.15) is 0 Å². The number of hydrogen-bond acceptors (Lipinski definition) is 5. The van der Waals surface area contributed by atoms with Gasteiger partial charge in [-0.05, 0) is 12.8 Å². The van der Waals surface area contributed by atoms with Gasteiger partial charge in [0, 0.05) is 19.3 Å². The molecule has 0 rings (SSSR count). The number of rotatable bonds is 8. The summed E-state index contributed by atoms with van der Waals surface area (Å²) in [6.07, 6.45) is 6.52. The Balaban J connectivity index is 4.27. The van der Waals surface area contributed by atoms with E-state index in [4.69, 9.17) is 6.42 Å². The minimum atomic E-state index is -0.845. The van der Waals surface area contributed by atoms with Crippen molar-refractivity contribution < 1.29 is 23.9 Å². The van der Waals surface area contributed by atoms with E-state index in [2.05, 4.69) is 20.7 Å². The average Bonchev–Trinajstić information content (AvgIpc) is 2.42. The number of nitrogens with one attached hydrogen (secondary N) is 1. The van der Waals surface area contributed by atoms with Crippen molar-refractivity contribution in [2.24, 2.45) is 0 Å². The van der Waals surface area contributed by atoms with E-state index < -0.39 is 18.0 Å². The molecule has 0 aliphatic heterocycles. The summed E-state index contributed by atoms with van der Waals surface area (Å²) in [5.74, 6) is 1.09. The number of hydrogen-bond donors (Lipinski definition) is 1. The molecule has 0 aromatic carbocycles. The average molecular weight is 269 g/mol. The fourth-order valence-corrected chi connectivity index (χ4v) is 1.37. The van der Waals surface area contributed by atoms with Gasteiger partial charge in [0.1, 0.15) is 6.04 Å². The maximum absolute atomic E-state index is 11.6. The van der Waals surface area contributed by atoms with Crippen molar-refractivity contribution in [3.05, 3.63) is 0 Å². The largest absolute Gasteiger partial charge is 0.469 e. The maximum atomic E-state index is 11.6. The predicted octanol–water partition coefficient (Wildman–Crippen LogP) is 0.401. The zero-order valence-corrected chi connectivity index (χ0v) is 11.2. The molecule has 106 valence electrons. The Morgan fingerprint density at radius 1 is 1.21 bits per heavy atom. The van der Waals surface area contributed by atoms with Crippen LogP contribution in [0, 0.1) is 12.3 Å². The summed E-state index contributed by atoms with van der Waals surface area (Å²) >= 11 is 0. The third kappa shape index (κ3) is 7.82. The van der Waals surface area contributed by atoms with Gasteiger partial charge < -0.3 is 14.8 Å². The molecule has 0 aromatic heterocycles. The summed E-state index contributed by atoms with van der Waals surface area (Å²) in [5.41, 5.74) is 0. The minimum Gasteiger partial charge on any atom is -0.469 e. The highest BCUT2D eigenvalue weighted by atomic mass is 16.5. The lowest BCUT2D eigenvalue weighted by Crippen LogP contribution is -2.41. The van der Waals surface area contributed by atoms with Crippen LogP contribution in [0.4, 0.5) is 0 Å². The molecule has 19 heavy (non-hydrogen) atoms. The predicted molar refractivity (Wildman–Crippen MR) is 67.9 cm³/mol. The maximum Gasteiger partial charge on any atom is 0.328 e. The van der Waals surface area contributed by atoms with E-state index in [9.17, 15) is 14.4 Å². The fraction of sp³-hybridized carbons (Fsp3) is 0.615. The lowest BCUT2D eigenvalue weighted by molar-refractivity contribution is -0.146. The second kappa shape index (κ2) is 9.95. The van der Waals surface area contributed by atoms with Gasteiger partial charge in [-0.25, -0.2) is 4.79 Å². The molecule has 0 heterocycles. The van der Waals surface area contributed by atoms with Crippen LogP contribution in [-0.4, -0.2) is 38.1 Å². The Labute approximate surface area is 112 Å². The molecule has 6 nitrogen and oxygen atoms in total. The van der Waals surface area contributed by atoms with Crippen molar-refractivity contribution in [1.29, 1.82) is 0 Å². The molecule has 0 saturated heterocycles. The van der Waals surface area contributed by atoms with E-state index in [0.717, 1.165) is 0 Å². The zero-order valence-electron chi connectivity index (χ0n) is 11.2. The molecule has 1 N–H and O–H groups in total. The van der Waals surface area contributed by atoms with Crippen LogP contribution in [0.3, 0.4) is 0 Å². The van der Waals surface area contributed by atoms with Crippen LogP contribution < -0.4 is 5.32 Å². The second-order valence-corrected chi connectivity index (χ2v) is 3.82. The van der Waals surface area contributed by atoms with Crippen LogP contribution >= 0.6 is 0 Å². The fourth-order valence-electron chi connectivity index (χ4n) is 1.37. The highest BCUT2D eigenvalue weighted by Gasteiger charge is 2.22. The highest BCUT2D eigenvalue weighted by molar-refractivity contribution is 5.84. The molecule has 0 aliphatic carbocycles. The monoisotopic (exact) mass is 269 g/mol. The SMILES string of the molecule is C#CCCCC(=O)N[C@@H](CCC(=O)OC)C(=O)OC. The van der Waals surface area contributed by atoms with Crippen molar-refractivity contribution >= 4 is 17.8 Å². The highest BCUT2D eigenvalue weighted by Crippen LogP contribution is 2.03. The van der Waals surface area contributed by atoms with E-state index in [0.29, 0.717) is 12.8 Å². The Morgan fingerprint density at radius 2 is 1.89 bits per heavy atom. The van der Waals surface area contributed by atoms with Crippen molar-refractivity contribution in [1.82, 2.24) is 5.32 Å². The zero-order chi connectivity index (χ0) is 14.7. The molecule has 1 atom stereocenters. The number of carbonyl (C=O) groups is 3. The quantitative estimate of drug-likeness (QED) is 0.392. The number of terminal acetylenes is 1. The second-order valence-electron chi connectivity index (χ2n) is 3.82. The molecule has 0 spiro atoms. The summed E-state index contributed by atoms with van der Waals surface area (Å²) in [5, 5.41) is 2.52. The number of unbranched alkanes of at least 4 members (excludes halogenated alkanes) is 1. The molecular weight excluding hydrogens is 250 g/mol. The van der Waals surface area contributed by atoms with E-state index >= 15 is 0 Å². The van der Waals surface area contributed by atoms with Crippen molar-refractivity contribution in [2.75, 3.05) is 14.2 Å². The summed E-state index contributed by atoms with van der Waals surface area (Å²) in [6, 6.07) is -0.845. The summed E-state index contributed by atoms with van der Waals surface area (Å²) in [4.78, 5) is 34.0. The normalized spacial score (nSPS) is 11.0. The van der Waals surface area contributed by atoms with Crippen molar-refractivity contribution in [3.63, 3.8) is 0 Å². The van der Waals surface area contributed by atoms with Crippen molar-refractivity contribution in [3.8, 4) is 12.3 Å². The van der Waals surface area contributed by atoms with Crippen LogP contribution in [0.15, 0.2) is 0 Å². The Bertz CT molecular complexity index is 359. The first kappa shape index (κ1) is 17.0. The molecule has 1 amide bonds. The molecule has 0 unspecified atom stereocenters. The number of ether oxygens (including phenoxy) is 2. The third-order valence-corrected chi connectivity index (χ3v) is 2.41. The van der Waals surface area contributed by atoms with Crippen LogP contribution in [0.5, 0.6) is 0 Å². The number of esters is 2. The van der Waals surface area contributed by atoms with Gasteiger partial charge in [0.05, 0.1) is 14.2 Å². The molecule has 0 radical (unpaired) electrons. The van der Waals surface area contributed by atoms with Gasteiger partial charge in [0.2, 0.25) is 5.91 Å².